The Kier molecular flexibility index (Phi) is 3.05. The molecular formula is C11H10F2N2S. The number of hydrogen-bond acceptors (Lipinski definition) is 3. The summed E-state index contributed by atoms with van der Waals surface area (Å²) in [6.07, 6.45) is 0. The molecule has 1 aromatic carbocycles. The van der Waals surface area contributed by atoms with E-state index in [1.165, 1.54) is 17.4 Å². The van der Waals surface area contributed by atoms with Crippen molar-refractivity contribution >= 4 is 22.7 Å². The molecule has 0 saturated carbocycles. The van der Waals surface area contributed by atoms with Crippen LogP contribution in [0.3, 0.4) is 0 Å². The molecule has 0 aliphatic carbocycles. The van der Waals surface area contributed by atoms with Crippen LogP contribution >= 0.6 is 11.3 Å². The van der Waals surface area contributed by atoms with Gasteiger partial charge in [-0.25, -0.2) is 8.78 Å². The molecule has 0 amide bonds. The predicted octanol–water partition coefficient (Wildman–Crippen LogP) is 3.22. The minimum Gasteiger partial charge on any atom is -0.398 e. The molecule has 0 fully saturated rings. The van der Waals surface area contributed by atoms with E-state index in [9.17, 15) is 8.78 Å². The van der Waals surface area contributed by atoms with E-state index in [0.29, 0.717) is 17.9 Å². The number of hydrogen-bond donors (Lipinski definition) is 2. The second-order valence-electron chi connectivity index (χ2n) is 3.28. The van der Waals surface area contributed by atoms with Crippen molar-refractivity contribution in [2.45, 2.75) is 6.54 Å². The van der Waals surface area contributed by atoms with Gasteiger partial charge in [-0.05, 0) is 23.6 Å². The number of rotatable bonds is 3. The third kappa shape index (κ3) is 2.30. The van der Waals surface area contributed by atoms with Crippen LogP contribution in [-0.2, 0) is 6.54 Å². The highest BCUT2D eigenvalue weighted by atomic mass is 32.1. The first-order valence-electron chi connectivity index (χ1n) is 4.67. The number of anilines is 2. The van der Waals surface area contributed by atoms with E-state index >= 15 is 0 Å². The fourth-order valence-corrected chi connectivity index (χ4v) is 2.02. The summed E-state index contributed by atoms with van der Waals surface area (Å²) in [4.78, 5) is 0.977. The van der Waals surface area contributed by atoms with Gasteiger partial charge in [-0.15, -0.1) is 11.3 Å². The number of nitrogens with one attached hydrogen (secondary N) is 1. The molecule has 0 unspecified atom stereocenters. The van der Waals surface area contributed by atoms with Gasteiger partial charge in [0.15, 0.2) is 11.6 Å². The second-order valence-corrected chi connectivity index (χ2v) is 4.28. The number of thiophene rings is 1. The molecule has 5 heteroatoms. The van der Waals surface area contributed by atoms with Crippen LogP contribution < -0.4 is 11.1 Å². The van der Waals surface area contributed by atoms with Crippen LogP contribution in [0.1, 0.15) is 4.88 Å². The van der Waals surface area contributed by atoms with Gasteiger partial charge in [0, 0.05) is 22.3 Å². The molecule has 2 nitrogen and oxygen atoms in total. The Bertz CT molecular complexity index is 496. The number of nitrogen functional groups attached to an aromatic ring is 1. The van der Waals surface area contributed by atoms with Gasteiger partial charge < -0.3 is 11.1 Å². The van der Waals surface area contributed by atoms with Crippen LogP contribution in [0.15, 0.2) is 29.6 Å². The summed E-state index contributed by atoms with van der Waals surface area (Å²) >= 11 is 1.52. The van der Waals surface area contributed by atoms with Crippen molar-refractivity contribution in [3.05, 3.63) is 46.2 Å². The summed E-state index contributed by atoms with van der Waals surface area (Å²) in [5.74, 6) is -1.70. The molecule has 3 N–H and O–H groups in total. The van der Waals surface area contributed by atoms with E-state index < -0.39 is 11.6 Å². The van der Waals surface area contributed by atoms with Gasteiger partial charge in [0.25, 0.3) is 0 Å². The van der Waals surface area contributed by atoms with Crippen LogP contribution in [-0.4, -0.2) is 0 Å². The Morgan fingerprint density at radius 3 is 2.62 bits per heavy atom. The molecule has 2 aromatic rings. The smallest absolute Gasteiger partial charge is 0.160 e. The third-order valence-electron chi connectivity index (χ3n) is 2.15. The van der Waals surface area contributed by atoms with E-state index in [2.05, 4.69) is 5.32 Å². The number of halogens is 2. The lowest BCUT2D eigenvalue weighted by Crippen LogP contribution is -2.00. The summed E-state index contributed by atoms with van der Waals surface area (Å²) in [6.45, 7) is 0.509. The first-order valence-corrected chi connectivity index (χ1v) is 5.55. The zero-order valence-electron chi connectivity index (χ0n) is 8.34. The maximum atomic E-state index is 12.9. The van der Waals surface area contributed by atoms with Crippen LogP contribution in [0.25, 0.3) is 0 Å². The Morgan fingerprint density at radius 1 is 1.19 bits per heavy atom. The minimum absolute atomic E-state index is 0.509. The summed E-state index contributed by atoms with van der Waals surface area (Å²) < 4.78 is 25.5. The van der Waals surface area contributed by atoms with Gasteiger partial charge in [0.1, 0.15) is 0 Å². The van der Waals surface area contributed by atoms with Crippen molar-refractivity contribution < 1.29 is 8.78 Å². The topological polar surface area (TPSA) is 38.0 Å². The van der Waals surface area contributed by atoms with Crippen molar-refractivity contribution in [3.8, 4) is 0 Å². The molecule has 0 atom stereocenters. The van der Waals surface area contributed by atoms with Gasteiger partial charge in [-0.3, -0.25) is 0 Å². The monoisotopic (exact) mass is 240 g/mol. The van der Waals surface area contributed by atoms with E-state index in [-0.39, 0.29) is 0 Å². The predicted molar refractivity (Wildman–Crippen MR) is 62.4 cm³/mol. The first kappa shape index (κ1) is 10.9. The van der Waals surface area contributed by atoms with Crippen molar-refractivity contribution in [1.29, 1.82) is 0 Å². The second kappa shape index (κ2) is 4.49. The molecule has 0 aliphatic heterocycles. The lowest BCUT2D eigenvalue weighted by molar-refractivity contribution is 0.509. The highest BCUT2D eigenvalue weighted by Gasteiger charge is 2.03. The molecule has 0 spiro atoms. The van der Waals surface area contributed by atoms with Crippen molar-refractivity contribution in [1.82, 2.24) is 0 Å². The lowest BCUT2D eigenvalue weighted by Gasteiger charge is -2.05. The first-order chi connectivity index (χ1) is 7.66. The van der Waals surface area contributed by atoms with Crippen LogP contribution in [0, 0.1) is 11.6 Å². The molecule has 0 bridgehead atoms. The van der Waals surface area contributed by atoms with E-state index in [0.717, 1.165) is 17.0 Å². The van der Waals surface area contributed by atoms with E-state index in [4.69, 9.17) is 5.73 Å². The Balaban J connectivity index is 2.05. The maximum absolute atomic E-state index is 12.9. The van der Waals surface area contributed by atoms with Crippen molar-refractivity contribution in [2.24, 2.45) is 0 Å². The molecule has 2 rings (SSSR count). The summed E-state index contributed by atoms with van der Waals surface area (Å²) in [6, 6.07) is 5.52. The Hall–Kier alpha value is -1.62. The summed E-state index contributed by atoms with van der Waals surface area (Å²) in [7, 11) is 0. The molecule has 16 heavy (non-hydrogen) atoms. The molecule has 84 valence electrons. The summed E-state index contributed by atoms with van der Waals surface area (Å²) in [5.41, 5.74) is 6.94. The standard InChI is InChI=1S/C11H10F2N2S/c12-8-2-1-7(5-9(8)13)15-6-11-10(14)3-4-16-11/h1-5,15H,6,14H2. The quantitative estimate of drug-likeness (QED) is 0.864. The van der Waals surface area contributed by atoms with Crippen molar-refractivity contribution in [3.63, 3.8) is 0 Å². The molecule has 0 saturated heterocycles. The zero-order chi connectivity index (χ0) is 11.5. The molecule has 0 radical (unpaired) electrons. The van der Waals surface area contributed by atoms with Gasteiger partial charge in [0.2, 0.25) is 0 Å². The Labute approximate surface area is 95.7 Å². The Morgan fingerprint density at radius 2 is 2.00 bits per heavy atom. The van der Waals surface area contributed by atoms with Gasteiger partial charge >= 0.3 is 0 Å². The maximum Gasteiger partial charge on any atom is 0.160 e. The third-order valence-corrected chi connectivity index (χ3v) is 3.09. The van der Waals surface area contributed by atoms with Crippen LogP contribution in [0.2, 0.25) is 0 Å². The van der Waals surface area contributed by atoms with Crippen LogP contribution in [0.5, 0.6) is 0 Å². The summed E-state index contributed by atoms with van der Waals surface area (Å²) in [5, 5.41) is 4.87. The molecule has 0 aliphatic rings. The number of nitrogens with two attached hydrogens (primary N) is 1. The highest BCUT2D eigenvalue weighted by molar-refractivity contribution is 7.10. The molecular weight excluding hydrogens is 230 g/mol. The highest BCUT2D eigenvalue weighted by Crippen LogP contribution is 2.21. The fraction of sp³-hybridized carbons (Fsp3) is 0.0909. The van der Waals surface area contributed by atoms with Gasteiger partial charge in [-0.1, -0.05) is 0 Å². The lowest BCUT2D eigenvalue weighted by atomic mass is 10.3. The van der Waals surface area contributed by atoms with Crippen LogP contribution in [0.4, 0.5) is 20.2 Å². The number of benzene rings is 1. The average molecular weight is 240 g/mol. The molecule has 1 aromatic heterocycles. The largest absolute Gasteiger partial charge is 0.398 e. The van der Waals surface area contributed by atoms with E-state index in [1.807, 2.05) is 11.4 Å². The molecule has 1 heterocycles. The van der Waals surface area contributed by atoms with Gasteiger partial charge in [0.05, 0.1) is 6.54 Å². The normalized spacial score (nSPS) is 10.4. The zero-order valence-corrected chi connectivity index (χ0v) is 9.15. The van der Waals surface area contributed by atoms with Crippen molar-refractivity contribution in [2.75, 3.05) is 11.1 Å². The van der Waals surface area contributed by atoms with E-state index in [1.54, 1.807) is 0 Å². The average Bonchev–Trinajstić information content (AvgIpc) is 2.66. The minimum atomic E-state index is -0.857. The fourth-order valence-electron chi connectivity index (χ4n) is 1.28. The van der Waals surface area contributed by atoms with Gasteiger partial charge in [-0.2, -0.15) is 0 Å². The SMILES string of the molecule is Nc1ccsc1CNc1ccc(F)c(F)c1.